The molecule has 0 fully saturated rings. The molecule has 0 amide bonds. The molecule has 2 aromatic carbocycles. The molecule has 21 heavy (non-hydrogen) atoms. The molecule has 3 heteroatoms. The van der Waals surface area contributed by atoms with E-state index in [1.807, 2.05) is 44.0 Å². The third-order valence-electron chi connectivity index (χ3n) is 3.43. The Morgan fingerprint density at radius 1 is 1.10 bits per heavy atom. The highest BCUT2D eigenvalue weighted by Crippen LogP contribution is 2.32. The van der Waals surface area contributed by atoms with E-state index in [0.29, 0.717) is 24.2 Å². The SMILES string of the molecule is C[C](C)Cc1c(F)ccc(N)c1N(C)Cc1ccccc1. The van der Waals surface area contributed by atoms with E-state index in [0.717, 1.165) is 11.6 Å². The van der Waals surface area contributed by atoms with Gasteiger partial charge in [0, 0.05) is 19.2 Å². The van der Waals surface area contributed by atoms with Crippen LogP contribution in [-0.4, -0.2) is 7.05 Å². The fourth-order valence-corrected chi connectivity index (χ4v) is 2.54. The van der Waals surface area contributed by atoms with E-state index in [-0.39, 0.29) is 5.82 Å². The number of nitrogens with two attached hydrogens (primary N) is 1. The van der Waals surface area contributed by atoms with Crippen molar-refractivity contribution >= 4 is 11.4 Å². The minimum Gasteiger partial charge on any atom is -0.397 e. The van der Waals surface area contributed by atoms with Crippen LogP contribution in [0.25, 0.3) is 0 Å². The van der Waals surface area contributed by atoms with Crippen LogP contribution in [0.4, 0.5) is 15.8 Å². The Morgan fingerprint density at radius 2 is 1.76 bits per heavy atom. The molecule has 0 unspecified atom stereocenters. The molecule has 0 spiro atoms. The Balaban J connectivity index is 2.35. The Hall–Kier alpha value is -2.03. The Kier molecular flexibility index (Phi) is 4.84. The standard InChI is InChI=1S/C18H22FN2/c1-13(2)11-15-16(19)9-10-17(20)18(15)21(3)12-14-7-5-4-6-8-14/h4-10H,11-12,20H2,1-3H3. The summed E-state index contributed by atoms with van der Waals surface area (Å²) < 4.78 is 14.2. The minimum absolute atomic E-state index is 0.194. The van der Waals surface area contributed by atoms with Crippen molar-refractivity contribution in [1.82, 2.24) is 0 Å². The third kappa shape index (κ3) is 3.75. The summed E-state index contributed by atoms with van der Waals surface area (Å²) >= 11 is 0. The van der Waals surface area contributed by atoms with Gasteiger partial charge in [-0.25, -0.2) is 4.39 Å². The van der Waals surface area contributed by atoms with E-state index in [4.69, 9.17) is 5.73 Å². The molecule has 111 valence electrons. The first-order valence-electron chi connectivity index (χ1n) is 7.10. The summed E-state index contributed by atoms with van der Waals surface area (Å²) in [6.45, 7) is 4.71. The monoisotopic (exact) mass is 285 g/mol. The van der Waals surface area contributed by atoms with Crippen molar-refractivity contribution in [2.24, 2.45) is 0 Å². The Morgan fingerprint density at radius 3 is 2.38 bits per heavy atom. The maximum Gasteiger partial charge on any atom is 0.128 e. The van der Waals surface area contributed by atoms with Gasteiger partial charge in [0.1, 0.15) is 5.82 Å². The van der Waals surface area contributed by atoms with Gasteiger partial charge in [0.2, 0.25) is 0 Å². The summed E-state index contributed by atoms with van der Waals surface area (Å²) in [5, 5.41) is 0. The third-order valence-corrected chi connectivity index (χ3v) is 3.43. The van der Waals surface area contributed by atoms with Crippen molar-refractivity contribution in [3.63, 3.8) is 0 Å². The molecular formula is C18H22FN2. The second-order valence-corrected chi connectivity index (χ2v) is 5.69. The molecule has 2 aromatic rings. The van der Waals surface area contributed by atoms with Gasteiger partial charge in [-0.1, -0.05) is 44.2 Å². The topological polar surface area (TPSA) is 29.3 Å². The minimum atomic E-state index is -0.194. The average molecular weight is 285 g/mol. The number of hydrogen-bond donors (Lipinski definition) is 1. The molecule has 0 bridgehead atoms. The average Bonchev–Trinajstić information content (AvgIpc) is 2.43. The first-order chi connectivity index (χ1) is 9.99. The van der Waals surface area contributed by atoms with Crippen LogP contribution in [0.1, 0.15) is 25.0 Å². The molecule has 2 rings (SSSR count). The molecule has 0 saturated heterocycles. The summed E-state index contributed by atoms with van der Waals surface area (Å²) in [6, 6.07) is 13.2. The normalized spacial score (nSPS) is 10.9. The number of halogens is 1. The zero-order chi connectivity index (χ0) is 15.4. The van der Waals surface area contributed by atoms with Gasteiger partial charge >= 0.3 is 0 Å². The number of benzene rings is 2. The van der Waals surface area contributed by atoms with Crippen LogP contribution < -0.4 is 10.6 Å². The van der Waals surface area contributed by atoms with Crippen molar-refractivity contribution in [3.8, 4) is 0 Å². The highest BCUT2D eigenvalue weighted by atomic mass is 19.1. The number of hydrogen-bond acceptors (Lipinski definition) is 2. The van der Waals surface area contributed by atoms with Crippen LogP contribution in [0.3, 0.4) is 0 Å². The summed E-state index contributed by atoms with van der Waals surface area (Å²) in [5.74, 6) is 0.967. The lowest BCUT2D eigenvalue weighted by atomic mass is 9.99. The number of nitrogen functional groups attached to an aromatic ring is 1. The van der Waals surface area contributed by atoms with Gasteiger partial charge in [0.05, 0.1) is 11.4 Å². The van der Waals surface area contributed by atoms with Crippen molar-refractivity contribution in [3.05, 3.63) is 65.3 Å². The molecule has 0 aliphatic heterocycles. The van der Waals surface area contributed by atoms with Crippen molar-refractivity contribution in [1.29, 1.82) is 0 Å². The van der Waals surface area contributed by atoms with Crippen molar-refractivity contribution in [2.45, 2.75) is 26.8 Å². The van der Waals surface area contributed by atoms with Crippen LogP contribution in [0.15, 0.2) is 42.5 Å². The van der Waals surface area contributed by atoms with Gasteiger partial charge in [0.25, 0.3) is 0 Å². The number of anilines is 2. The highest BCUT2D eigenvalue weighted by molar-refractivity contribution is 5.72. The van der Waals surface area contributed by atoms with Gasteiger partial charge < -0.3 is 10.6 Å². The Bertz CT molecular complexity index is 594. The number of nitrogens with zero attached hydrogens (tertiary/aromatic N) is 1. The van der Waals surface area contributed by atoms with E-state index in [1.165, 1.54) is 11.6 Å². The molecule has 1 radical (unpaired) electrons. The van der Waals surface area contributed by atoms with Crippen LogP contribution in [0.2, 0.25) is 0 Å². The molecule has 2 N–H and O–H groups in total. The molecule has 0 aliphatic carbocycles. The molecule has 0 heterocycles. The second-order valence-electron chi connectivity index (χ2n) is 5.69. The largest absolute Gasteiger partial charge is 0.397 e. The summed E-state index contributed by atoms with van der Waals surface area (Å²) in [6.07, 6.45) is 0.603. The van der Waals surface area contributed by atoms with Gasteiger partial charge in [0.15, 0.2) is 0 Å². The molecular weight excluding hydrogens is 263 g/mol. The van der Waals surface area contributed by atoms with Crippen LogP contribution in [-0.2, 0) is 13.0 Å². The zero-order valence-corrected chi connectivity index (χ0v) is 12.9. The first-order valence-corrected chi connectivity index (χ1v) is 7.10. The lowest BCUT2D eigenvalue weighted by Crippen LogP contribution is -2.20. The lowest BCUT2D eigenvalue weighted by molar-refractivity contribution is 0.609. The van der Waals surface area contributed by atoms with E-state index >= 15 is 0 Å². The molecule has 2 nitrogen and oxygen atoms in total. The van der Waals surface area contributed by atoms with Crippen LogP contribution >= 0.6 is 0 Å². The summed E-state index contributed by atoms with van der Waals surface area (Å²) in [7, 11) is 1.95. The predicted molar refractivity (Wildman–Crippen MR) is 87.7 cm³/mol. The molecule has 0 aliphatic rings. The zero-order valence-electron chi connectivity index (χ0n) is 12.9. The predicted octanol–water partition coefficient (Wildman–Crippen LogP) is 4.20. The molecule has 0 saturated carbocycles. The Labute approximate surface area is 126 Å². The first kappa shape index (κ1) is 15.4. The smallest absolute Gasteiger partial charge is 0.128 e. The lowest BCUT2D eigenvalue weighted by Gasteiger charge is -2.25. The van der Waals surface area contributed by atoms with Gasteiger partial charge in [-0.2, -0.15) is 0 Å². The fourth-order valence-electron chi connectivity index (χ4n) is 2.54. The maximum absolute atomic E-state index is 14.2. The van der Waals surface area contributed by atoms with Crippen LogP contribution in [0, 0.1) is 11.7 Å². The van der Waals surface area contributed by atoms with Gasteiger partial charge in [-0.15, -0.1) is 0 Å². The van der Waals surface area contributed by atoms with E-state index < -0.39 is 0 Å². The van der Waals surface area contributed by atoms with Gasteiger partial charge in [-0.3, -0.25) is 0 Å². The van der Waals surface area contributed by atoms with Crippen molar-refractivity contribution in [2.75, 3.05) is 17.7 Å². The molecule has 0 aromatic heterocycles. The summed E-state index contributed by atoms with van der Waals surface area (Å²) in [5.41, 5.74) is 9.36. The van der Waals surface area contributed by atoms with Crippen molar-refractivity contribution < 1.29 is 4.39 Å². The fraction of sp³-hybridized carbons (Fsp3) is 0.278. The quantitative estimate of drug-likeness (QED) is 0.834. The highest BCUT2D eigenvalue weighted by Gasteiger charge is 2.17. The molecule has 0 atom stereocenters. The van der Waals surface area contributed by atoms with Crippen LogP contribution in [0.5, 0.6) is 0 Å². The maximum atomic E-state index is 14.2. The van der Waals surface area contributed by atoms with E-state index in [2.05, 4.69) is 12.1 Å². The second kappa shape index (κ2) is 6.61. The number of rotatable bonds is 5. The van der Waals surface area contributed by atoms with Gasteiger partial charge in [-0.05, 0) is 30.0 Å². The van der Waals surface area contributed by atoms with E-state index in [1.54, 1.807) is 6.07 Å². The van der Waals surface area contributed by atoms with E-state index in [9.17, 15) is 4.39 Å². The summed E-state index contributed by atoms with van der Waals surface area (Å²) in [4.78, 5) is 2.02.